The maximum atomic E-state index is 13.8. The zero-order chi connectivity index (χ0) is 34.2. The van der Waals surface area contributed by atoms with E-state index in [9.17, 15) is 19.5 Å². The molecule has 0 aliphatic heterocycles. The highest BCUT2D eigenvalue weighted by atomic mass is 16.5. The van der Waals surface area contributed by atoms with E-state index in [0.29, 0.717) is 24.0 Å². The first kappa shape index (κ1) is 34.0. The zero-order valence-electron chi connectivity index (χ0n) is 29.7. The molecule has 0 bridgehead atoms. The van der Waals surface area contributed by atoms with Crippen LogP contribution in [0.3, 0.4) is 0 Å². The van der Waals surface area contributed by atoms with Crippen molar-refractivity contribution in [3.63, 3.8) is 0 Å². The van der Waals surface area contributed by atoms with Crippen molar-refractivity contribution < 1.29 is 33.7 Å². The van der Waals surface area contributed by atoms with Gasteiger partial charge in [0.15, 0.2) is 0 Å². The Bertz CT molecular complexity index is 1430. The molecule has 0 unspecified atom stereocenters. The fraction of sp³-hybridized carbons (Fsp3) is 0.725. The van der Waals surface area contributed by atoms with Gasteiger partial charge in [0.2, 0.25) is 0 Å². The van der Waals surface area contributed by atoms with Crippen LogP contribution < -0.4 is 0 Å². The lowest BCUT2D eigenvalue weighted by molar-refractivity contribution is -0.263. The summed E-state index contributed by atoms with van der Waals surface area (Å²) < 4.78 is 17.9. The van der Waals surface area contributed by atoms with Crippen LogP contribution in [0.25, 0.3) is 0 Å². The molecule has 5 saturated carbocycles. The third-order valence-corrected chi connectivity index (χ3v) is 15.1. The Kier molecular flexibility index (Phi) is 8.44. The van der Waals surface area contributed by atoms with Crippen LogP contribution in [-0.4, -0.2) is 42.8 Å². The molecule has 1 aromatic rings. The van der Waals surface area contributed by atoms with Crippen molar-refractivity contribution in [2.75, 3.05) is 13.7 Å². The minimum atomic E-state index is -0.540. The fourth-order valence-electron chi connectivity index (χ4n) is 13.1. The van der Waals surface area contributed by atoms with Crippen LogP contribution in [0.4, 0.5) is 0 Å². The Morgan fingerprint density at radius 3 is 2.21 bits per heavy atom. The molecule has 7 heteroatoms. The number of fused-ring (bicyclic) bond motifs is 7. The summed E-state index contributed by atoms with van der Waals surface area (Å²) in [6.45, 7) is 18.0. The van der Waals surface area contributed by atoms with Gasteiger partial charge in [-0.05, 0) is 136 Å². The highest BCUT2D eigenvalue weighted by Crippen LogP contribution is 2.78. The molecule has 10 atom stereocenters. The number of phenolic OH excluding ortho intramolecular Hbond substituents is 1. The van der Waals surface area contributed by atoms with Crippen molar-refractivity contribution >= 4 is 17.9 Å². The lowest BCUT2D eigenvalue weighted by Gasteiger charge is -2.73. The molecule has 5 aliphatic carbocycles. The number of hydrogen-bond acceptors (Lipinski definition) is 7. The first-order valence-electron chi connectivity index (χ1n) is 17.9. The molecule has 5 fully saturated rings. The normalized spacial score (nSPS) is 41.7. The Morgan fingerprint density at radius 1 is 0.872 bits per heavy atom. The SMILES string of the molecule is C=C(C)[C@@H]1CC[C@]2(C(=O)OC)CC[C@]3(COC(=O)c4ccc(O)cc4)[C@H](CC[C@@H]4[C@@]5(C)CC[C@H](OC(C)=O)C(C)(C)[C@@H]5CC[C@]43C)[C@@H]12. The van der Waals surface area contributed by atoms with Crippen molar-refractivity contribution in [3.05, 3.63) is 42.0 Å². The van der Waals surface area contributed by atoms with Gasteiger partial charge in [0.1, 0.15) is 11.9 Å². The minimum Gasteiger partial charge on any atom is -0.508 e. The van der Waals surface area contributed by atoms with Crippen molar-refractivity contribution in [3.8, 4) is 5.75 Å². The van der Waals surface area contributed by atoms with Gasteiger partial charge in [-0.15, -0.1) is 0 Å². The fourth-order valence-corrected chi connectivity index (χ4v) is 13.1. The van der Waals surface area contributed by atoms with Gasteiger partial charge in [0, 0.05) is 17.8 Å². The summed E-state index contributed by atoms with van der Waals surface area (Å²) in [6, 6.07) is 6.27. The number of allylic oxidation sites excluding steroid dienone is 1. The number of rotatable bonds is 6. The smallest absolute Gasteiger partial charge is 0.338 e. The molecule has 5 aliphatic rings. The summed E-state index contributed by atoms with van der Waals surface area (Å²) in [5.41, 5.74) is 0.437. The van der Waals surface area contributed by atoms with Crippen LogP contribution in [0, 0.1) is 56.7 Å². The highest BCUT2D eigenvalue weighted by molar-refractivity contribution is 5.89. The van der Waals surface area contributed by atoms with Gasteiger partial charge in [0.25, 0.3) is 0 Å². The molecule has 0 saturated heterocycles. The van der Waals surface area contributed by atoms with Crippen LogP contribution in [0.15, 0.2) is 36.4 Å². The van der Waals surface area contributed by atoms with Crippen molar-refractivity contribution in [1.82, 2.24) is 0 Å². The molecule has 0 heterocycles. The highest BCUT2D eigenvalue weighted by Gasteiger charge is 2.74. The van der Waals surface area contributed by atoms with Crippen LogP contribution >= 0.6 is 0 Å². The number of phenols is 1. The molecule has 0 aromatic heterocycles. The average Bonchev–Trinajstić information content (AvgIpc) is 3.42. The molecule has 6 rings (SSSR count). The second-order valence-corrected chi connectivity index (χ2v) is 17.2. The molecule has 0 radical (unpaired) electrons. The Balaban J connectivity index is 1.43. The lowest BCUT2D eigenvalue weighted by atomic mass is 9.32. The van der Waals surface area contributed by atoms with Crippen molar-refractivity contribution in [1.29, 1.82) is 0 Å². The van der Waals surface area contributed by atoms with E-state index < -0.39 is 5.41 Å². The van der Waals surface area contributed by atoms with E-state index in [1.807, 2.05) is 0 Å². The molecule has 0 amide bonds. The van der Waals surface area contributed by atoms with E-state index in [1.165, 1.54) is 26.2 Å². The first-order chi connectivity index (χ1) is 22.1. The molecule has 0 spiro atoms. The van der Waals surface area contributed by atoms with Gasteiger partial charge in [0.05, 0.1) is 24.7 Å². The summed E-state index contributed by atoms with van der Waals surface area (Å²) in [5, 5.41) is 9.83. The maximum Gasteiger partial charge on any atom is 0.338 e. The van der Waals surface area contributed by atoms with E-state index in [1.54, 1.807) is 12.1 Å². The lowest BCUT2D eigenvalue weighted by Crippen LogP contribution is -2.69. The van der Waals surface area contributed by atoms with Crippen LogP contribution in [0.1, 0.15) is 116 Å². The summed E-state index contributed by atoms with van der Waals surface area (Å²) in [5.74, 6) is 0.717. The zero-order valence-corrected chi connectivity index (χ0v) is 29.7. The third-order valence-electron chi connectivity index (χ3n) is 15.1. The van der Waals surface area contributed by atoms with E-state index in [-0.39, 0.29) is 69.2 Å². The average molecular weight is 649 g/mol. The van der Waals surface area contributed by atoms with Crippen molar-refractivity contribution in [2.45, 2.75) is 112 Å². The number of ether oxygens (including phenoxy) is 3. The van der Waals surface area contributed by atoms with E-state index in [0.717, 1.165) is 69.8 Å². The predicted octanol–water partition coefficient (Wildman–Crippen LogP) is 8.29. The summed E-state index contributed by atoms with van der Waals surface area (Å²) >= 11 is 0. The molecule has 258 valence electrons. The van der Waals surface area contributed by atoms with Gasteiger partial charge in [-0.1, -0.05) is 39.8 Å². The molecule has 1 aromatic carbocycles. The largest absolute Gasteiger partial charge is 0.508 e. The maximum absolute atomic E-state index is 13.8. The van der Waals surface area contributed by atoms with Gasteiger partial charge in [-0.3, -0.25) is 9.59 Å². The summed E-state index contributed by atoms with van der Waals surface area (Å²) in [7, 11) is 1.53. The Morgan fingerprint density at radius 2 is 1.57 bits per heavy atom. The molecule has 7 nitrogen and oxygen atoms in total. The standard InChI is InChI=1S/C40H56O7/c1-24(2)28-15-20-39(35(44)45-8)21-22-40(23-46-34(43)26-9-11-27(42)12-10-26)29(33(28)39)13-14-31-37(6)18-17-32(47-25(3)41)36(4,5)30(37)16-19-38(31,40)7/h9-12,28-33,42H,1,13-23H2,2-8H3/t28-,29+,30-,31+,32-,33+,37-,38+,39-,40-/m0/s1. The quantitative estimate of drug-likeness (QED) is 0.188. The van der Waals surface area contributed by atoms with Crippen LogP contribution in [0.5, 0.6) is 5.75 Å². The van der Waals surface area contributed by atoms with Gasteiger partial charge in [-0.25, -0.2) is 4.79 Å². The van der Waals surface area contributed by atoms with E-state index >= 15 is 0 Å². The Labute approximate surface area is 281 Å². The number of carbonyl (C=O) groups is 3. The van der Waals surface area contributed by atoms with E-state index in [4.69, 9.17) is 14.2 Å². The number of aromatic hydroxyl groups is 1. The van der Waals surface area contributed by atoms with Crippen molar-refractivity contribution in [2.24, 2.45) is 56.7 Å². The summed E-state index contributed by atoms with van der Waals surface area (Å²) in [6.07, 6.45) is 9.08. The first-order valence-corrected chi connectivity index (χ1v) is 17.9. The molecule has 47 heavy (non-hydrogen) atoms. The second-order valence-electron chi connectivity index (χ2n) is 17.2. The molecule has 1 N–H and O–H groups in total. The number of benzene rings is 1. The third kappa shape index (κ3) is 4.90. The van der Waals surface area contributed by atoms with Crippen LogP contribution in [-0.2, 0) is 23.8 Å². The summed E-state index contributed by atoms with van der Waals surface area (Å²) in [4.78, 5) is 39.5. The molecular formula is C40H56O7. The predicted molar refractivity (Wildman–Crippen MR) is 179 cm³/mol. The topological polar surface area (TPSA) is 99.1 Å². The van der Waals surface area contributed by atoms with Gasteiger partial charge < -0.3 is 19.3 Å². The monoisotopic (exact) mass is 648 g/mol. The van der Waals surface area contributed by atoms with Crippen LogP contribution in [0.2, 0.25) is 0 Å². The van der Waals surface area contributed by atoms with E-state index in [2.05, 4.69) is 41.2 Å². The van der Waals surface area contributed by atoms with Gasteiger partial charge in [-0.2, -0.15) is 0 Å². The number of hydrogen-bond donors (Lipinski definition) is 1. The number of carbonyl (C=O) groups excluding carboxylic acids is 3. The second kappa shape index (κ2) is 11.7. The minimum absolute atomic E-state index is 0.0341. The number of methoxy groups -OCH3 is 1. The molecular weight excluding hydrogens is 592 g/mol. The number of esters is 3. The van der Waals surface area contributed by atoms with Gasteiger partial charge >= 0.3 is 17.9 Å². The Hall–Kier alpha value is -2.83.